The van der Waals surface area contributed by atoms with Gasteiger partial charge < -0.3 is 9.47 Å². The normalized spacial score (nSPS) is 10.3. The Kier molecular flexibility index (Phi) is 5.86. The van der Waals surface area contributed by atoms with Gasteiger partial charge >= 0.3 is 0 Å². The number of aldehydes is 1. The Bertz CT molecular complexity index is 833. The molecule has 0 aliphatic heterocycles. The zero-order valence-corrected chi connectivity index (χ0v) is 15.1. The molecule has 0 atom stereocenters. The van der Waals surface area contributed by atoms with Gasteiger partial charge in [0.05, 0.1) is 5.56 Å². The van der Waals surface area contributed by atoms with Gasteiger partial charge in [0.2, 0.25) is 0 Å². The van der Waals surface area contributed by atoms with Crippen LogP contribution in [0.1, 0.15) is 21.5 Å². The molecule has 25 heavy (non-hydrogen) atoms. The fourth-order valence-electron chi connectivity index (χ4n) is 2.36. The van der Waals surface area contributed by atoms with Gasteiger partial charge in [-0.25, -0.2) is 0 Å². The molecule has 0 amide bonds. The molecule has 0 spiro atoms. The Balaban J connectivity index is 1.76. The van der Waals surface area contributed by atoms with Crippen LogP contribution in [0.25, 0.3) is 0 Å². The van der Waals surface area contributed by atoms with Gasteiger partial charge in [0.25, 0.3) is 0 Å². The summed E-state index contributed by atoms with van der Waals surface area (Å²) in [6.45, 7) is 0.835. The fraction of sp³-hybridized carbons (Fsp3) is 0.0952. The lowest BCUT2D eigenvalue weighted by molar-refractivity contribution is 0.111. The van der Waals surface area contributed by atoms with Crippen LogP contribution in [0.15, 0.2) is 77.3 Å². The third kappa shape index (κ3) is 4.70. The van der Waals surface area contributed by atoms with E-state index in [4.69, 9.17) is 9.47 Å². The Morgan fingerprint density at radius 2 is 1.36 bits per heavy atom. The molecule has 0 saturated heterocycles. The van der Waals surface area contributed by atoms with Gasteiger partial charge in [0.15, 0.2) is 6.29 Å². The SMILES string of the molecule is O=Cc1c(Br)cc(OCc2ccccc2)cc1OCc1ccccc1. The molecule has 126 valence electrons. The molecule has 4 heteroatoms. The fourth-order valence-corrected chi connectivity index (χ4v) is 2.88. The van der Waals surface area contributed by atoms with E-state index in [1.165, 1.54) is 0 Å². The predicted octanol–water partition coefficient (Wildman–Crippen LogP) is 5.42. The van der Waals surface area contributed by atoms with E-state index in [0.717, 1.165) is 17.4 Å². The van der Waals surface area contributed by atoms with E-state index < -0.39 is 0 Å². The molecule has 0 radical (unpaired) electrons. The van der Waals surface area contributed by atoms with Crippen LogP contribution >= 0.6 is 15.9 Å². The van der Waals surface area contributed by atoms with Gasteiger partial charge in [0, 0.05) is 10.5 Å². The zero-order valence-electron chi connectivity index (χ0n) is 13.5. The predicted molar refractivity (Wildman–Crippen MR) is 101 cm³/mol. The molecule has 0 N–H and O–H groups in total. The van der Waals surface area contributed by atoms with E-state index in [0.29, 0.717) is 34.7 Å². The van der Waals surface area contributed by atoms with E-state index in [1.54, 1.807) is 12.1 Å². The monoisotopic (exact) mass is 396 g/mol. The number of halogens is 1. The molecule has 3 rings (SSSR count). The first kappa shape index (κ1) is 17.2. The first-order valence-corrected chi connectivity index (χ1v) is 8.68. The van der Waals surface area contributed by atoms with E-state index in [1.807, 2.05) is 60.7 Å². The van der Waals surface area contributed by atoms with Crippen molar-refractivity contribution in [1.29, 1.82) is 0 Å². The van der Waals surface area contributed by atoms with Crippen molar-refractivity contribution in [3.05, 3.63) is 94.0 Å². The number of carbonyl (C=O) groups is 1. The maximum atomic E-state index is 11.4. The Morgan fingerprint density at radius 3 is 1.92 bits per heavy atom. The summed E-state index contributed by atoms with van der Waals surface area (Å²) in [6, 6.07) is 23.3. The van der Waals surface area contributed by atoms with Crippen LogP contribution in [-0.2, 0) is 13.2 Å². The zero-order chi connectivity index (χ0) is 17.5. The standard InChI is InChI=1S/C21H17BrO3/c22-20-11-18(24-14-16-7-3-1-4-8-16)12-21(19(20)13-23)25-15-17-9-5-2-6-10-17/h1-13H,14-15H2. The van der Waals surface area contributed by atoms with Gasteiger partial charge in [-0.05, 0) is 33.1 Å². The summed E-state index contributed by atoms with van der Waals surface area (Å²) in [5.41, 5.74) is 2.58. The van der Waals surface area contributed by atoms with Crippen LogP contribution in [0.3, 0.4) is 0 Å². The highest BCUT2D eigenvalue weighted by Crippen LogP contribution is 2.32. The number of rotatable bonds is 7. The van der Waals surface area contributed by atoms with Crippen molar-refractivity contribution in [2.45, 2.75) is 13.2 Å². The van der Waals surface area contributed by atoms with Crippen LogP contribution in [0, 0.1) is 0 Å². The molecule has 0 aliphatic carbocycles. The lowest BCUT2D eigenvalue weighted by Crippen LogP contribution is -2.01. The molecule has 0 saturated carbocycles. The summed E-state index contributed by atoms with van der Waals surface area (Å²) in [6.07, 6.45) is 0.783. The minimum atomic E-state index is 0.385. The maximum Gasteiger partial charge on any atom is 0.154 e. The lowest BCUT2D eigenvalue weighted by Gasteiger charge is -2.13. The third-order valence-corrected chi connectivity index (χ3v) is 4.32. The van der Waals surface area contributed by atoms with Crippen molar-refractivity contribution < 1.29 is 14.3 Å². The van der Waals surface area contributed by atoms with E-state index in [2.05, 4.69) is 15.9 Å². The van der Waals surface area contributed by atoms with E-state index >= 15 is 0 Å². The second kappa shape index (κ2) is 8.49. The van der Waals surface area contributed by atoms with Crippen molar-refractivity contribution in [2.24, 2.45) is 0 Å². The van der Waals surface area contributed by atoms with Gasteiger partial charge in [-0.1, -0.05) is 60.7 Å². The molecule has 0 fully saturated rings. The molecular weight excluding hydrogens is 380 g/mol. The largest absolute Gasteiger partial charge is 0.489 e. The van der Waals surface area contributed by atoms with E-state index in [-0.39, 0.29) is 0 Å². The van der Waals surface area contributed by atoms with Crippen molar-refractivity contribution in [3.63, 3.8) is 0 Å². The minimum absolute atomic E-state index is 0.385. The molecular formula is C21H17BrO3. The molecule has 3 nitrogen and oxygen atoms in total. The Labute approximate surface area is 155 Å². The number of hydrogen-bond donors (Lipinski definition) is 0. The van der Waals surface area contributed by atoms with Gasteiger partial charge in [-0.2, -0.15) is 0 Å². The first-order valence-electron chi connectivity index (χ1n) is 7.88. The third-order valence-electron chi connectivity index (χ3n) is 3.67. The molecule has 3 aromatic rings. The second-order valence-electron chi connectivity index (χ2n) is 5.48. The number of hydrogen-bond acceptors (Lipinski definition) is 3. The smallest absolute Gasteiger partial charge is 0.154 e. The van der Waals surface area contributed by atoms with Crippen LogP contribution in [-0.4, -0.2) is 6.29 Å². The molecule has 3 aromatic carbocycles. The average molecular weight is 397 g/mol. The van der Waals surface area contributed by atoms with Gasteiger partial charge in [0.1, 0.15) is 24.7 Å². The molecule has 0 bridgehead atoms. The Morgan fingerprint density at radius 1 is 0.800 bits per heavy atom. The number of carbonyl (C=O) groups excluding carboxylic acids is 1. The number of benzene rings is 3. The highest BCUT2D eigenvalue weighted by molar-refractivity contribution is 9.10. The molecule has 0 heterocycles. The second-order valence-corrected chi connectivity index (χ2v) is 6.34. The summed E-state index contributed by atoms with van der Waals surface area (Å²) < 4.78 is 12.3. The van der Waals surface area contributed by atoms with Crippen LogP contribution in [0.4, 0.5) is 0 Å². The summed E-state index contributed by atoms with van der Waals surface area (Å²) in [7, 11) is 0. The summed E-state index contributed by atoms with van der Waals surface area (Å²) in [5.74, 6) is 1.14. The van der Waals surface area contributed by atoms with E-state index in [9.17, 15) is 4.79 Å². The van der Waals surface area contributed by atoms with Crippen molar-refractivity contribution in [1.82, 2.24) is 0 Å². The van der Waals surface area contributed by atoms with Crippen molar-refractivity contribution in [3.8, 4) is 11.5 Å². The molecule has 0 aliphatic rings. The van der Waals surface area contributed by atoms with Gasteiger partial charge in [-0.3, -0.25) is 4.79 Å². The van der Waals surface area contributed by atoms with Crippen LogP contribution in [0.5, 0.6) is 11.5 Å². The lowest BCUT2D eigenvalue weighted by atomic mass is 10.2. The van der Waals surface area contributed by atoms with Gasteiger partial charge in [-0.15, -0.1) is 0 Å². The minimum Gasteiger partial charge on any atom is -0.489 e. The quantitative estimate of drug-likeness (QED) is 0.500. The molecule has 0 unspecified atom stereocenters. The topological polar surface area (TPSA) is 35.5 Å². The summed E-state index contributed by atoms with van der Waals surface area (Å²) in [4.78, 5) is 11.4. The highest BCUT2D eigenvalue weighted by Gasteiger charge is 2.11. The molecule has 0 aromatic heterocycles. The Hall–Kier alpha value is -2.59. The van der Waals surface area contributed by atoms with Crippen LogP contribution < -0.4 is 9.47 Å². The van der Waals surface area contributed by atoms with Crippen LogP contribution in [0.2, 0.25) is 0 Å². The summed E-state index contributed by atoms with van der Waals surface area (Å²) >= 11 is 3.42. The first-order chi connectivity index (χ1) is 12.3. The van der Waals surface area contributed by atoms with Crippen molar-refractivity contribution >= 4 is 22.2 Å². The van der Waals surface area contributed by atoms with Crippen molar-refractivity contribution in [2.75, 3.05) is 0 Å². The highest BCUT2D eigenvalue weighted by atomic mass is 79.9. The number of ether oxygens (including phenoxy) is 2. The summed E-state index contributed by atoms with van der Waals surface area (Å²) in [5, 5.41) is 0. The average Bonchev–Trinajstić information content (AvgIpc) is 2.66. The maximum absolute atomic E-state index is 11.4.